The van der Waals surface area contributed by atoms with Crippen molar-refractivity contribution in [3.8, 4) is 22.9 Å². The van der Waals surface area contributed by atoms with E-state index in [1.165, 1.54) is 4.68 Å². The molecule has 2 heterocycles. The van der Waals surface area contributed by atoms with E-state index in [9.17, 15) is 14.7 Å². The Labute approximate surface area is 158 Å². The summed E-state index contributed by atoms with van der Waals surface area (Å²) in [4.78, 5) is 23.6. The molecule has 1 aromatic heterocycles. The van der Waals surface area contributed by atoms with Crippen LogP contribution in [-0.4, -0.2) is 40.7 Å². The number of hydrogen-bond donors (Lipinski definition) is 1. The highest BCUT2D eigenvalue weighted by atomic mass is 16.6. The van der Waals surface area contributed by atoms with Crippen molar-refractivity contribution in [2.75, 3.05) is 19.8 Å². The van der Waals surface area contributed by atoms with Gasteiger partial charge in [0, 0.05) is 6.07 Å². The molecule has 3 rings (SSSR count). The maximum Gasteiger partial charge on any atom is 0.363 e. The Morgan fingerprint density at radius 2 is 1.81 bits per heavy atom. The second-order valence-corrected chi connectivity index (χ2v) is 4.69. The minimum Gasteiger partial charge on any atom is -0.503 e. The minimum atomic E-state index is -0.889. The number of rotatable bonds is 3. The summed E-state index contributed by atoms with van der Waals surface area (Å²) in [5.41, 5.74) is -0.867. The summed E-state index contributed by atoms with van der Waals surface area (Å²) in [6.07, 6.45) is 1.12. The van der Waals surface area contributed by atoms with Gasteiger partial charge < -0.3 is 19.3 Å². The van der Waals surface area contributed by atoms with E-state index in [0.29, 0.717) is 30.4 Å². The summed E-state index contributed by atoms with van der Waals surface area (Å²) in [5, 5.41) is 13.7. The first kappa shape index (κ1) is 22.0. The van der Waals surface area contributed by atoms with Crippen molar-refractivity contribution in [3.05, 3.63) is 40.3 Å². The van der Waals surface area contributed by atoms with E-state index in [1.54, 1.807) is 25.1 Å². The predicted molar refractivity (Wildman–Crippen MR) is 101 cm³/mol. The highest BCUT2D eigenvalue weighted by Crippen LogP contribution is 2.31. The normalized spacial score (nSPS) is 11.3. The Kier molecular flexibility index (Phi) is 8.84. The summed E-state index contributed by atoms with van der Waals surface area (Å²) in [6, 6.07) is 4.99. The summed E-state index contributed by atoms with van der Waals surface area (Å²) in [7, 11) is 0. The Bertz CT molecular complexity index is 816. The van der Waals surface area contributed by atoms with E-state index in [2.05, 4.69) is 5.10 Å². The topological polar surface area (TPSA) is 99.9 Å². The third kappa shape index (κ3) is 5.22. The monoisotopic (exact) mass is 378 g/mol. The van der Waals surface area contributed by atoms with Crippen molar-refractivity contribution in [1.29, 1.82) is 0 Å². The fourth-order valence-corrected chi connectivity index (χ4v) is 2.12. The number of benzene rings is 1. The van der Waals surface area contributed by atoms with Gasteiger partial charge in [-0.25, -0.2) is 9.48 Å². The van der Waals surface area contributed by atoms with Crippen molar-refractivity contribution in [2.24, 2.45) is 0 Å². The van der Waals surface area contributed by atoms with Crippen LogP contribution in [0.5, 0.6) is 17.2 Å². The van der Waals surface area contributed by atoms with Gasteiger partial charge in [0.25, 0.3) is 5.43 Å². The van der Waals surface area contributed by atoms with Crippen LogP contribution in [0, 0.1) is 0 Å². The number of aromatic nitrogens is 2. The largest absolute Gasteiger partial charge is 0.503 e. The number of aromatic hydroxyl groups is 1. The maximum absolute atomic E-state index is 11.8. The lowest BCUT2D eigenvalue weighted by Crippen LogP contribution is -2.23. The van der Waals surface area contributed by atoms with Crippen LogP contribution in [0.15, 0.2) is 29.2 Å². The van der Waals surface area contributed by atoms with Gasteiger partial charge in [0.1, 0.15) is 13.2 Å². The zero-order valence-electron chi connectivity index (χ0n) is 16.3. The van der Waals surface area contributed by atoms with Gasteiger partial charge in [-0.05, 0) is 19.1 Å². The first-order valence-electron chi connectivity index (χ1n) is 9.00. The zero-order valence-corrected chi connectivity index (χ0v) is 16.3. The quantitative estimate of drug-likeness (QED) is 0.820. The molecular weight excluding hydrogens is 352 g/mol. The molecule has 0 spiro atoms. The van der Waals surface area contributed by atoms with Gasteiger partial charge in [0.2, 0.25) is 5.69 Å². The first-order valence-corrected chi connectivity index (χ1v) is 9.00. The molecule has 0 saturated heterocycles. The number of ether oxygens (including phenoxy) is 3. The highest BCUT2D eigenvalue weighted by molar-refractivity contribution is 5.87. The Morgan fingerprint density at radius 3 is 2.44 bits per heavy atom. The number of carbonyl (C=O) groups is 1. The van der Waals surface area contributed by atoms with E-state index in [1.807, 2.05) is 27.7 Å². The molecule has 8 nitrogen and oxygen atoms in total. The predicted octanol–water partition coefficient (Wildman–Crippen LogP) is 2.94. The number of nitrogens with zero attached hydrogens (tertiary/aromatic N) is 2. The molecule has 148 valence electrons. The number of hydrogen-bond acceptors (Lipinski definition) is 7. The fraction of sp³-hybridized carbons (Fsp3) is 0.421. The third-order valence-electron chi connectivity index (χ3n) is 3.16. The van der Waals surface area contributed by atoms with Crippen LogP contribution >= 0.6 is 0 Å². The Hall–Kier alpha value is -3.03. The molecule has 0 unspecified atom stereocenters. The molecule has 1 aromatic carbocycles. The van der Waals surface area contributed by atoms with Crippen molar-refractivity contribution < 1.29 is 24.1 Å². The van der Waals surface area contributed by atoms with Crippen LogP contribution < -0.4 is 14.9 Å². The standard InChI is InChI=1S/C15H14N2O6.2C2H6/c1-2-21-15(20)13-14(19)10(18)8-17(16-13)9-3-4-11-12(7-9)23-6-5-22-11;2*1-2/h3-4,7-8,18H,2,5-6H2,1H3;2*1-2H3. The summed E-state index contributed by atoms with van der Waals surface area (Å²) < 4.78 is 16.9. The zero-order chi connectivity index (χ0) is 20.4. The summed E-state index contributed by atoms with van der Waals surface area (Å²) >= 11 is 0. The second-order valence-electron chi connectivity index (χ2n) is 4.69. The molecule has 8 heteroatoms. The molecule has 1 aliphatic rings. The van der Waals surface area contributed by atoms with Crippen LogP contribution in [-0.2, 0) is 4.74 Å². The molecule has 1 aliphatic heterocycles. The van der Waals surface area contributed by atoms with E-state index in [0.717, 1.165) is 6.20 Å². The highest BCUT2D eigenvalue weighted by Gasteiger charge is 2.19. The fourth-order valence-electron chi connectivity index (χ4n) is 2.12. The lowest BCUT2D eigenvalue weighted by atomic mass is 10.2. The first-order chi connectivity index (χ1) is 13.1. The average molecular weight is 378 g/mol. The summed E-state index contributed by atoms with van der Waals surface area (Å²) in [5.74, 6) is -0.375. The SMILES string of the molecule is CC.CC.CCOC(=O)c1nn(-c2ccc3c(c2)OCCO3)cc(O)c1=O. The van der Waals surface area contributed by atoms with Crippen molar-refractivity contribution in [1.82, 2.24) is 9.78 Å². The molecular formula is C19H26N2O6. The van der Waals surface area contributed by atoms with Crippen LogP contribution in [0.4, 0.5) is 0 Å². The molecule has 0 amide bonds. The molecule has 0 fully saturated rings. The van der Waals surface area contributed by atoms with Gasteiger partial charge in [-0.1, -0.05) is 27.7 Å². The molecule has 0 aliphatic carbocycles. The van der Waals surface area contributed by atoms with Gasteiger partial charge in [0.05, 0.1) is 18.5 Å². The van der Waals surface area contributed by atoms with Crippen molar-refractivity contribution in [3.63, 3.8) is 0 Å². The minimum absolute atomic E-state index is 0.0969. The molecule has 0 bridgehead atoms. The van der Waals surface area contributed by atoms with Gasteiger partial charge in [0.15, 0.2) is 17.2 Å². The van der Waals surface area contributed by atoms with Crippen LogP contribution in [0.2, 0.25) is 0 Å². The molecule has 2 aromatic rings. The number of esters is 1. The Morgan fingerprint density at radius 1 is 1.19 bits per heavy atom. The number of carbonyl (C=O) groups excluding carboxylic acids is 1. The van der Waals surface area contributed by atoms with Crippen LogP contribution in [0.3, 0.4) is 0 Å². The molecule has 0 saturated carbocycles. The smallest absolute Gasteiger partial charge is 0.363 e. The maximum atomic E-state index is 11.8. The lowest BCUT2D eigenvalue weighted by Gasteiger charge is -2.19. The van der Waals surface area contributed by atoms with Gasteiger partial charge in [-0.3, -0.25) is 4.79 Å². The van der Waals surface area contributed by atoms with E-state index in [4.69, 9.17) is 14.2 Å². The molecule has 0 radical (unpaired) electrons. The van der Waals surface area contributed by atoms with Gasteiger partial charge >= 0.3 is 5.97 Å². The molecule has 0 atom stereocenters. The third-order valence-corrected chi connectivity index (χ3v) is 3.16. The van der Waals surface area contributed by atoms with Crippen molar-refractivity contribution >= 4 is 5.97 Å². The number of fused-ring (bicyclic) bond motifs is 1. The average Bonchev–Trinajstić information content (AvgIpc) is 2.72. The summed E-state index contributed by atoms with van der Waals surface area (Å²) in [6.45, 7) is 10.6. The van der Waals surface area contributed by atoms with Crippen LogP contribution in [0.1, 0.15) is 45.1 Å². The lowest BCUT2D eigenvalue weighted by molar-refractivity contribution is 0.0514. The van der Waals surface area contributed by atoms with E-state index < -0.39 is 22.8 Å². The second kappa shape index (κ2) is 10.8. The van der Waals surface area contributed by atoms with Crippen molar-refractivity contribution in [2.45, 2.75) is 34.6 Å². The van der Waals surface area contributed by atoms with E-state index >= 15 is 0 Å². The molecule has 1 N–H and O–H groups in total. The Balaban J connectivity index is 0.000000855. The van der Waals surface area contributed by atoms with Crippen LogP contribution in [0.25, 0.3) is 5.69 Å². The van der Waals surface area contributed by atoms with Gasteiger partial charge in [-0.15, -0.1) is 0 Å². The van der Waals surface area contributed by atoms with Gasteiger partial charge in [-0.2, -0.15) is 5.10 Å². The van der Waals surface area contributed by atoms with E-state index in [-0.39, 0.29) is 6.61 Å². The molecule has 27 heavy (non-hydrogen) atoms.